The first-order chi connectivity index (χ1) is 18.9. The molecule has 204 valence electrons. The van der Waals surface area contributed by atoms with Crippen molar-refractivity contribution in [3.63, 3.8) is 0 Å². The maximum atomic E-state index is 13.5. The lowest BCUT2D eigenvalue weighted by Gasteiger charge is -2.27. The molecule has 1 aliphatic heterocycles. The van der Waals surface area contributed by atoms with E-state index >= 15 is 0 Å². The monoisotopic (exact) mass is 528 g/mol. The third-order valence-electron chi connectivity index (χ3n) is 7.74. The Bertz CT molecular complexity index is 1270. The lowest BCUT2D eigenvalue weighted by atomic mass is 9.98. The Labute approximate surface area is 229 Å². The Hall–Kier alpha value is -3.94. The van der Waals surface area contributed by atoms with Gasteiger partial charge >= 0.3 is 6.09 Å². The minimum atomic E-state index is -0.753. The molecule has 8 heteroatoms. The fourth-order valence-corrected chi connectivity index (χ4v) is 5.64. The summed E-state index contributed by atoms with van der Waals surface area (Å²) in [7, 11) is 1.57. The summed E-state index contributed by atoms with van der Waals surface area (Å²) in [6.07, 6.45) is 3.06. The fourth-order valence-electron chi connectivity index (χ4n) is 5.64. The largest absolute Gasteiger partial charge is 0.448 e. The van der Waals surface area contributed by atoms with Crippen molar-refractivity contribution in [2.24, 2.45) is 4.99 Å². The summed E-state index contributed by atoms with van der Waals surface area (Å²) in [5.74, 6) is -0.648. The number of nitrogens with one attached hydrogen (secondary N) is 2. The van der Waals surface area contributed by atoms with Crippen molar-refractivity contribution in [1.82, 2.24) is 15.5 Å². The highest BCUT2D eigenvalue weighted by atomic mass is 16.6. The number of aliphatic imine (C=N–C) groups is 1. The third-order valence-corrected chi connectivity index (χ3v) is 7.74. The number of ether oxygens (including phenoxy) is 1. The minimum Gasteiger partial charge on any atom is -0.448 e. The molecule has 0 bridgehead atoms. The highest BCUT2D eigenvalue weighted by Gasteiger charge is 2.39. The normalized spacial score (nSPS) is 19.3. The molecule has 2 aliphatic carbocycles. The van der Waals surface area contributed by atoms with E-state index in [2.05, 4.69) is 46.5 Å². The average Bonchev–Trinajstić information content (AvgIpc) is 3.57. The zero-order valence-electron chi connectivity index (χ0n) is 22.6. The van der Waals surface area contributed by atoms with Gasteiger partial charge in [0, 0.05) is 25.6 Å². The average molecular weight is 529 g/mol. The summed E-state index contributed by atoms with van der Waals surface area (Å²) < 4.78 is 5.84. The molecule has 2 aromatic carbocycles. The number of likely N-dealkylation sites (tertiary alicyclic amines) is 1. The van der Waals surface area contributed by atoms with Crippen LogP contribution in [0.5, 0.6) is 0 Å². The number of nitrogens with zero attached hydrogens (tertiary/aromatic N) is 2. The van der Waals surface area contributed by atoms with Crippen molar-refractivity contribution < 1.29 is 19.1 Å². The molecule has 3 amide bonds. The van der Waals surface area contributed by atoms with Gasteiger partial charge in [0.25, 0.3) is 5.91 Å². The van der Waals surface area contributed by atoms with Crippen molar-refractivity contribution in [3.8, 4) is 11.1 Å². The van der Waals surface area contributed by atoms with E-state index in [1.165, 1.54) is 4.90 Å². The van der Waals surface area contributed by atoms with E-state index in [0.717, 1.165) is 47.1 Å². The molecule has 1 saturated carbocycles. The van der Waals surface area contributed by atoms with Crippen molar-refractivity contribution in [2.75, 3.05) is 20.2 Å². The van der Waals surface area contributed by atoms with Gasteiger partial charge in [0.05, 0.1) is 6.04 Å². The van der Waals surface area contributed by atoms with Crippen LogP contribution in [-0.2, 0) is 14.3 Å². The molecule has 3 aliphatic rings. The molecule has 2 fully saturated rings. The maximum absolute atomic E-state index is 13.5. The van der Waals surface area contributed by atoms with Gasteiger partial charge < -0.3 is 15.4 Å². The van der Waals surface area contributed by atoms with Gasteiger partial charge in [0.15, 0.2) is 0 Å². The lowest BCUT2D eigenvalue weighted by molar-refractivity contribution is -0.125. The molecule has 0 unspecified atom stereocenters. The molecule has 1 saturated heterocycles. The Kier molecular flexibility index (Phi) is 7.82. The van der Waals surface area contributed by atoms with Gasteiger partial charge in [-0.1, -0.05) is 74.0 Å². The van der Waals surface area contributed by atoms with Crippen LogP contribution in [0.25, 0.3) is 11.1 Å². The van der Waals surface area contributed by atoms with Gasteiger partial charge in [-0.25, -0.2) is 4.79 Å². The Morgan fingerprint density at radius 2 is 1.72 bits per heavy atom. The van der Waals surface area contributed by atoms with Crippen molar-refractivity contribution in [2.45, 2.75) is 63.1 Å². The van der Waals surface area contributed by atoms with E-state index in [0.29, 0.717) is 18.6 Å². The zero-order chi connectivity index (χ0) is 27.5. The van der Waals surface area contributed by atoms with Crippen LogP contribution in [0.1, 0.15) is 56.1 Å². The second kappa shape index (κ2) is 11.4. The molecule has 2 aromatic rings. The van der Waals surface area contributed by atoms with Crippen LogP contribution in [0.3, 0.4) is 0 Å². The predicted octanol–water partition coefficient (Wildman–Crippen LogP) is 4.20. The van der Waals surface area contributed by atoms with E-state index < -0.39 is 18.2 Å². The molecule has 2 N–H and O–H groups in total. The molecule has 5 rings (SSSR count). The van der Waals surface area contributed by atoms with E-state index in [4.69, 9.17) is 4.74 Å². The molecular weight excluding hydrogens is 492 g/mol. The number of fused-ring (bicyclic) bond motifs is 3. The second-order valence-corrected chi connectivity index (χ2v) is 10.6. The topological polar surface area (TPSA) is 100 Å². The lowest BCUT2D eigenvalue weighted by Crippen LogP contribution is -2.53. The highest BCUT2D eigenvalue weighted by Crippen LogP contribution is 2.44. The molecular formula is C31H36N4O4. The number of amides is 3. The Morgan fingerprint density at radius 3 is 2.31 bits per heavy atom. The van der Waals surface area contributed by atoms with Crippen LogP contribution in [0, 0.1) is 0 Å². The molecule has 0 aromatic heterocycles. The maximum Gasteiger partial charge on any atom is 0.410 e. The summed E-state index contributed by atoms with van der Waals surface area (Å²) in [6.45, 7) is 6.46. The van der Waals surface area contributed by atoms with Crippen LogP contribution < -0.4 is 10.6 Å². The van der Waals surface area contributed by atoms with Crippen LogP contribution in [0.15, 0.2) is 65.7 Å². The minimum absolute atomic E-state index is 0.0679. The van der Waals surface area contributed by atoms with Crippen LogP contribution in [0.2, 0.25) is 0 Å². The quantitative estimate of drug-likeness (QED) is 0.376. The molecule has 39 heavy (non-hydrogen) atoms. The standard InChI is InChI=1S/C31H36N4O4/c1-4-9-26(28(32-3)30(37)33-20-14-15-20)34-29(36)27-16-19(2)17-35(27)31(38)39-18-25-23-12-7-5-10-21(23)22-11-6-8-13-24(22)25/h5-8,10-13,20,25-27H,2,4,9,14-18H2,1,3H3,(H,33,37)(H,34,36)/b32-28-/t26-,27-/m0/s1. The fraction of sp³-hybridized carbons (Fsp3) is 0.419. The number of carbonyl (C=O) groups is 3. The first-order valence-corrected chi connectivity index (χ1v) is 13.8. The van der Waals surface area contributed by atoms with E-state index in [-0.39, 0.29) is 36.9 Å². The van der Waals surface area contributed by atoms with Gasteiger partial charge in [0.2, 0.25) is 5.91 Å². The van der Waals surface area contributed by atoms with Crippen molar-refractivity contribution >= 4 is 23.6 Å². The summed E-state index contributed by atoms with van der Waals surface area (Å²) in [5.41, 5.74) is 5.66. The molecule has 1 heterocycles. The number of hydrogen-bond donors (Lipinski definition) is 2. The van der Waals surface area contributed by atoms with Crippen LogP contribution >= 0.6 is 0 Å². The number of carbonyl (C=O) groups excluding carboxylic acids is 3. The number of hydrogen-bond acceptors (Lipinski definition) is 5. The zero-order valence-corrected chi connectivity index (χ0v) is 22.6. The first kappa shape index (κ1) is 26.7. The molecule has 0 radical (unpaired) electrons. The van der Waals surface area contributed by atoms with Crippen molar-refractivity contribution in [3.05, 3.63) is 71.8 Å². The summed E-state index contributed by atoms with van der Waals surface area (Å²) in [6, 6.07) is 15.2. The smallest absolute Gasteiger partial charge is 0.410 e. The highest BCUT2D eigenvalue weighted by molar-refractivity contribution is 6.41. The molecule has 2 atom stereocenters. The van der Waals surface area contributed by atoms with Gasteiger partial charge in [-0.2, -0.15) is 0 Å². The summed E-state index contributed by atoms with van der Waals surface area (Å²) in [5, 5.41) is 5.95. The van der Waals surface area contributed by atoms with Crippen molar-refractivity contribution in [1.29, 1.82) is 0 Å². The SMILES string of the molecule is C=C1C[C@@H](C(=O)N[C@@H](CCC)/C(=N/C)C(=O)NC2CC2)N(C(=O)OCC2c3ccccc3-c3ccccc32)C1. The molecule has 8 nitrogen and oxygen atoms in total. The Morgan fingerprint density at radius 1 is 1.08 bits per heavy atom. The molecule has 0 spiro atoms. The first-order valence-electron chi connectivity index (χ1n) is 13.8. The van der Waals surface area contributed by atoms with E-state index in [9.17, 15) is 14.4 Å². The van der Waals surface area contributed by atoms with Gasteiger partial charge in [-0.15, -0.1) is 0 Å². The number of benzene rings is 2. The predicted molar refractivity (Wildman–Crippen MR) is 151 cm³/mol. The van der Waals surface area contributed by atoms with Gasteiger partial charge in [0.1, 0.15) is 18.4 Å². The van der Waals surface area contributed by atoms with E-state index in [1.54, 1.807) is 7.05 Å². The summed E-state index contributed by atoms with van der Waals surface area (Å²) >= 11 is 0. The van der Waals surface area contributed by atoms with Gasteiger partial charge in [-0.05, 0) is 47.9 Å². The Balaban J connectivity index is 1.26. The van der Waals surface area contributed by atoms with Crippen LogP contribution in [-0.4, -0.2) is 66.8 Å². The third kappa shape index (κ3) is 5.60. The van der Waals surface area contributed by atoms with Crippen LogP contribution in [0.4, 0.5) is 4.79 Å². The second-order valence-electron chi connectivity index (χ2n) is 10.6. The van der Waals surface area contributed by atoms with Gasteiger partial charge in [-0.3, -0.25) is 19.5 Å². The number of rotatable bonds is 9. The van der Waals surface area contributed by atoms with E-state index in [1.807, 2.05) is 31.2 Å². The summed E-state index contributed by atoms with van der Waals surface area (Å²) in [4.78, 5) is 45.2.